The molecule has 3 atom stereocenters. The maximum absolute atomic E-state index is 11.9. The fourth-order valence-corrected chi connectivity index (χ4v) is 2.22. The first-order valence-corrected chi connectivity index (χ1v) is 6.44. The predicted molar refractivity (Wildman–Crippen MR) is 62.3 cm³/mol. The second kappa shape index (κ2) is 7.31. The van der Waals surface area contributed by atoms with Gasteiger partial charge in [-0.25, -0.2) is 0 Å². The van der Waals surface area contributed by atoms with E-state index in [9.17, 15) is 18.3 Å². The van der Waals surface area contributed by atoms with Gasteiger partial charge in [0.2, 0.25) is 0 Å². The molecule has 0 radical (unpaired) electrons. The summed E-state index contributed by atoms with van der Waals surface area (Å²) in [5.74, 6) is 0.629. The molecule has 1 rings (SSSR count). The summed E-state index contributed by atoms with van der Waals surface area (Å²) >= 11 is 0. The molecule has 1 fully saturated rings. The molecule has 3 nitrogen and oxygen atoms in total. The maximum atomic E-state index is 11.9. The normalized spacial score (nSPS) is 27.2. The Hall–Kier alpha value is -0.330. The van der Waals surface area contributed by atoms with E-state index in [1.165, 1.54) is 6.42 Å². The second-order valence-electron chi connectivity index (χ2n) is 5.13. The molecule has 0 bridgehead atoms. The molecular weight excluding hydrogens is 247 g/mol. The Morgan fingerprint density at radius 1 is 1.39 bits per heavy atom. The van der Waals surface area contributed by atoms with Crippen LogP contribution in [0.1, 0.15) is 32.6 Å². The van der Waals surface area contributed by atoms with Crippen molar-refractivity contribution in [2.45, 2.75) is 51.0 Å². The van der Waals surface area contributed by atoms with Gasteiger partial charge in [0.25, 0.3) is 0 Å². The van der Waals surface area contributed by atoms with Crippen molar-refractivity contribution in [3.8, 4) is 0 Å². The zero-order chi connectivity index (χ0) is 13.6. The molecular formula is C12H22F3NO2. The van der Waals surface area contributed by atoms with Crippen LogP contribution < -0.4 is 5.32 Å². The van der Waals surface area contributed by atoms with Crippen molar-refractivity contribution in [2.24, 2.45) is 5.92 Å². The van der Waals surface area contributed by atoms with Crippen molar-refractivity contribution in [3.63, 3.8) is 0 Å². The Morgan fingerprint density at radius 2 is 2.11 bits per heavy atom. The van der Waals surface area contributed by atoms with E-state index in [2.05, 4.69) is 12.2 Å². The lowest BCUT2D eigenvalue weighted by atomic mass is 9.89. The molecule has 0 aromatic rings. The average Bonchev–Trinajstić information content (AvgIpc) is 2.25. The third-order valence-electron chi connectivity index (χ3n) is 3.12. The monoisotopic (exact) mass is 269 g/mol. The SMILES string of the molecule is CC1CCCC(OCC(O)CNCC(F)(F)F)C1. The molecule has 0 amide bonds. The number of ether oxygens (including phenoxy) is 1. The highest BCUT2D eigenvalue weighted by molar-refractivity contribution is 4.71. The molecule has 2 N–H and O–H groups in total. The standard InChI is InChI=1S/C12H22F3NO2/c1-9-3-2-4-11(5-9)18-7-10(17)6-16-8-12(13,14)15/h9-11,16-17H,2-8H2,1H3. The topological polar surface area (TPSA) is 41.5 Å². The van der Waals surface area contributed by atoms with E-state index >= 15 is 0 Å². The van der Waals surface area contributed by atoms with Crippen LogP contribution in [0.5, 0.6) is 0 Å². The van der Waals surface area contributed by atoms with Gasteiger partial charge in [0.15, 0.2) is 0 Å². The third kappa shape index (κ3) is 7.18. The Balaban J connectivity index is 2.07. The first kappa shape index (κ1) is 15.7. The van der Waals surface area contributed by atoms with Crippen molar-refractivity contribution < 1.29 is 23.0 Å². The van der Waals surface area contributed by atoms with Crippen molar-refractivity contribution >= 4 is 0 Å². The molecule has 0 aromatic heterocycles. The summed E-state index contributed by atoms with van der Waals surface area (Å²) in [5.41, 5.74) is 0. The molecule has 108 valence electrons. The Labute approximate surface area is 106 Å². The molecule has 6 heteroatoms. The van der Waals surface area contributed by atoms with Crippen LogP contribution in [0.15, 0.2) is 0 Å². The molecule has 3 unspecified atom stereocenters. The Bertz CT molecular complexity index is 236. The first-order chi connectivity index (χ1) is 8.37. The third-order valence-corrected chi connectivity index (χ3v) is 3.12. The van der Waals surface area contributed by atoms with E-state index in [0.717, 1.165) is 19.3 Å². The number of nitrogens with one attached hydrogen (secondary N) is 1. The number of hydrogen-bond acceptors (Lipinski definition) is 3. The fraction of sp³-hybridized carbons (Fsp3) is 1.00. The van der Waals surface area contributed by atoms with Crippen LogP contribution >= 0.6 is 0 Å². The van der Waals surface area contributed by atoms with Gasteiger partial charge >= 0.3 is 6.18 Å². The first-order valence-electron chi connectivity index (χ1n) is 6.44. The Morgan fingerprint density at radius 3 is 2.72 bits per heavy atom. The van der Waals surface area contributed by atoms with E-state index in [1.54, 1.807) is 0 Å². The van der Waals surface area contributed by atoms with Crippen LogP contribution in [-0.2, 0) is 4.74 Å². The average molecular weight is 269 g/mol. The summed E-state index contributed by atoms with van der Waals surface area (Å²) in [6, 6.07) is 0. The molecule has 0 heterocycles. The number of aliphatic hydroxyl groups is 1. The second-order valence-corrected chi connectivity index (χ2v) is 5.13. The number of halogens is 3. The highest BCUT2D eigenvalue weighted by Gasteiger charge is 2.26. The summed E-state index contributed by atoms with van der Waals surface area (Å²) in [4.78, 5) is 0. The van der Waals surface area contributed by atoms with Crippen LogP contribution in [0.4, 0.5) is 13.2 Å². The summed E-state index contributed by atoms with van der Waals surface area (Å²) in [6.45, 7) is 1.09. The molecule has 0 saturated heterocycles. The fourth-order valence-electron chi connectivity index (χ4n) is 2.22. The Kier molecular flexibility index (Phi) is 6.38. The van der Waals surface area contributed by atoms with E-state index in [1.807, 2.05) is 0 Å². The van der Waals surface area contributed by atoms with Gasteiger partial charge in [0.05, 0.1) is 25.4 Å². The number of rotatable bonds is 6. The van der Waals surface area contributed by atoms with Gasteiger partial charge in [-0.1, -0.05) is 19.8 Å². The summed E-state index contributed by atoms with van der Waals surface area (Å²) in [7, 11) is 0. The maximum Gasteiger partial charge on any atom is 0.401 e. The lowest BCUT2D eigenvalue weighted by Crippen LogP contribution is -2.37. The molecule has 0 spiro atoms. The minimum absolute atomic E-state index is 0.0955. The van der Waals surface area contributed by atoms with Crippen LogP contribution in [0.3, 0.4) is 0 Å². The zero-order valence-electron chi connectivity index (χ0n) is 10.7. The summed E-state index contributed by atoms with van der Waals surface area (Å²) < 4.78 is 41.1. The van der Waals surface area contributed by atoms with Crippen molar-refractivity contribution in [1.29, 1.82) is 0 Å². The minimum atomic E-state index is -4.24. The van der Waals surface area contributed by atoms with Crippen LogP contribution in [0.25, 0.3) is 0 Å². The van der Waals surface area contributed by atoms with Crippen LogP contribution in [0.2, 0.25) is 0 Å². The van der Waals surface area contributed by atoms with Crippen LogP contribution in [0, 0.1) is 5.92 Å². The zero-order valence-corrected chi connectivity index (χ0v) is 10.7. The van der Waals surface area contributed by atoms with Gasteiger partial charge in [-0.15, -0.1) is 0 Å². The molecule has 18 heavy (non-hydrogen) atoms. The van der Waals surface area contributed by atoms with E-state index in [-0.39, 0.29) is 19.3 Å². The van der Waals surface area contributed by atoms with Gasteiger partial charge in [0.1, 0.15) is 0 Å². The molecule has 0 aliphatic heterocycles. The number of alkyl halides is 3. The van der Waals surface area contributed by atoms with Crippen molar-refractivity contribution in [3.05, 3.63) is 0 Å². The van der Waals surface area contributed by atoms with E-state index in [0.29, 0.717) is 5.92 Å². The predicted octanol–water partition coefficient (Wildman–Crippen LogP) is 2.09. The van der Waals surface area contributed by atoms with Crippen molar-refractivity contribution in [2.75, 3.05) is 19.7 Å². The largest absolute Gasteiger partial charge is 0.401 e. The quantitative estimate of drug-likeness (QED) is 0.776. The molecule has 1 aliphatic carbocycles. The lowest BCUT2D eigenvalue weighted by Gasteiger charge is -2.27. The summed E-state index contributed by atoms with van der Waals surface area (Å²) in [6.07, 6.45) is -0.700. The van der Waals surface area contributed by atoms with Gasteiger partial charge in [-0.3, -0.25) is 0 Å². The molecule has 1 saturated carbocycles. The smallest absolute Gasteiger partial charge is 0.389 e. The highest BCUT2D eigenvalue weighted by atomic mass is 19.4. The van der Waals surface area contributed by atoms with Gasteiger partial charge in [0, 0.05) is 6.54 Å². The summed E-state index contributed by atoms with van der Waals surface area (Å²) in [5, 5.41) is 11.7. The number of aliphatic hydroxyl groups excluding tert-OH is 1. The highest BCUT2D eigenvalue weighted by Crippen LogP contribution is 2.25. The lowest BCUT2D eigenvalue weighted by molar-refractivity contribution is -0.126. The van der Waals surface area contributed by atoms with E-state index < -0.39 is 18.8 Å². The minimum Gasteiger partial charge on any atom is -0.389 e. The van der Waals surface area contributed by atoms with Gasteiger partial charge < -0.3 is 15.2 Å². The molecule has 1 aliphatic rings. The van der Waals surface area contributed by atoms with Crippen LogP contribution in [-0.4, -0.2) is 43.2 Å². The van der Waals surface area contributed by atoms with E-state index in [4.69, 9.17) is 4.74 Å². The van der Waals surface area contributed by atoms with Crippen molar-refractivity contribution in [1.82, 2.24) is 5.32 Å². The number of hydrogen-bond donors (Lipinski definition) is 2. The molecule has 0 aromatic carbocycles. The van der Waals surface area contributed by atoms with Gasteiger partial charge in [-0.05, 0) is 18.8 Å². The van der Waals surface area contributed by atoms with Gasteiger partial charge in [-0.2, -0.15) is 13.2 Å².